The minimum Gasteiger partial charge on any atom is -0.364 e. The molecule has 3 nitrogen and oxygen atoms in total. The summed E-state index contributed by atoms with van der Waals surface area (Å²) in [4.78, 5) is 7.39. The van der Waals surface area contributed by atoms with Gasteiger partial charge in [0.15, 0.2) is 5.82 Å². The molecule has 0 spiro atoms. The first-order valence-corrected chi connectivity index (χ1v) is 4.48. The molecule has 0 aromatic carbocycles. The predicted octanol–water partition coefficient (Wildman–Crippen LogP) is 1.83. The number of hydrogen-bond donors (Lipinski definition) is 1. The Kier molecular flexibility index (Phi) is 2.12. The maximum Gasteiger partial charge on any atom is 0.255 e. The minimum absolute atomic E-state index is 0.277. The van der Waals surface area contributed by atoms with Crippen LogP contribution in [0.15, 0.2) is 12.4 Å². The predicted molar refractivity (Wildman–Crippen MR) is 47.8 cm³/mol. The lowest BCUT2D eigenvalue weighted by molar-refractivity contribution is 0.307. The van der Waals surface area contributed by atoms with Gasteiger partial charge < -0.3 is 5.32 Å². The lowest BCUT2D eigenvalue weighted by atomic mass is 9.82. The smallest absolute Gasteiger partial charge is 0.255 e. The Morgan fingerprint density at radius 2 is 2.08 bits per heavy atom. The number of nitrogens with one attached hydrogen (secondary N) is 1. The highest BCUT2D eigenvalue weighted by Crippen LogP contribution is 2.29. The van der Waals surface area contributed by atoms with E-state index in [1.165, 1.54) is 12.4 Å². The lowest BCUT2D eigenvalue weighted by Crippen LogP contribution is -2.34. The van der Waals surface area contributed by atoms with E-state index in [1.807, 2.05) is 0 Å². The molecule has 70 valence electrons. The zero-order valence-electron chi connectivity index (χ0n) is 7.50. The van der Waals surface area contributed by atoms with Crippen molar-refractivity contribution in [2.24, 2.45) is 5.92 Å². The fraction of sp³-hybridized carbons (Fsp3) is 0.556. The van der Waals surface area contributed by atoms with Crippen molar-refractivity contribution in [1.29, 1.82) is 0 Å². The normalized spacial score (nSPS) is 26.6. The van der Waals surface area contributed by atoms with E-state index in [9.17, 15) is 4.39 Å². The first kappa shape index (κ1) is 8.41. The molecule has 0 radical (unpaired) electrons. The zero-order chi connectivity index (χ0) is 9.26. The van der Waals surface area contributed by atoms with Crippen molar-refractivity contribution in [3.05, 3.63) is 18.3 Å². The molecular formula is C9H12FN3. The molecule has 1 saturated carbocycles. The van der Waals surface area contributed by atoms with Crippen molar-refractivity contribution >= 4 is 5.82 Å². The summed E-state index contributed by atoms with van der Waals surface area (Å²) >= 11 is 0. The Bertz CT molecular complexity index is 297. The van der Waals surface area contributed by atoms with Gasteiger partial charge in [-0.25, -0.2) is 9.97 Å². The van der Waals surface area contributed by atoms with Crippen molar-refractivity contribution < 1.29 is 4.39 Å². The van der Waals surface area contributed by atoms with Crippen LogP contribution in [0, 0.1) is 11.9 Å². The Hall–Kier alpha value is -1.19. The Balaban J connectivity index is 1.98. The van der Waals surface area contributed by atoms with Gasteiger partial charge in [0.1, 0.15) is 0 Å². The number of anilines is 1. The summed E-state index contributed by atoms with van der Waals surface area (Å²) in [6, 6.07) is 0.376. The Morgan fingerprint density at radius 3 is 2.69 bits per heavy atom. The molecule has 0 bridgehead atoms. The van der Waals surface area contributed by atoms with Gasteiger partial charge in [-0.2, -0.15) is 4.39 Å². The number of aromatic nitrogens is 2. The van der Waals surface area contributed by atoms with Crippen LogP contribution in [-0.2, 0) is 0 Å². The maximum absolute atomic E-state index is 13.0. The van der Waals surface area contributed by atoms with Gasteiger partial charge in [0, 0.05) is 18.4 Å². The molecule has 13 heavy (non-hydrogen) atoms. The van der Waals surface area contributed by atoms with Crippen LogP contribution in [0.4, 0.5) is 10.2 Å². The van der Waals surface area contributed by atoms with E-state index in [1.54, 1.807) is 0 Å². The second-order valence-corrected chi connectivity index (χ2v) is 3.61. The molecule has 1 aliphatic carbocycles. The standard InChI is InChI=1S/C9H12FN3/c1-6-4-7(5-6)13-9-8(10)11-2-3-12-9/h2-3,6-7H,4-5H2,1H3,(H,12,13). The van der Waals surface area contributed by atoms with Gasteiger partial charge in [0.25, 0.3) is 5.95 Å². The molecule has 0 aliphatic heterocycles. The molecule has 0 atom stereocenters. The first-order chi connectivity index (χ1) is 6.25. The average molecular weight is 181 g/mol. The highest BCUT2D eigenvalue weighted by molar-refractivity contribution is 5.34. The second-order valence-electron chi connectivity index (χ2n) is 3.61. The molecule has 1 N–H and O–H groups in total. The van der Waals surface area contributed by atoms with E-state index in [4.69, 9.17) is 0 Å². The summed E-state index contributed by atoms with van der Waals surface area (Å²) < 4.78 is 13.0. The fourth-order valence-corrected chi connectivity index (χ4v) is 1.63. The van der Waals surface area contributed by atoms with Gasteiger partial charge in [0.05, 0.1) is 0 Å². The topological polar surface area (TPSA) is 37.8 Å². The summed E-state index contributed by atoms with van der Waals surface area (Å²) in [6.07, 6.45) is 5.03. The summed E-state index contributed by atoms with van der Waals surface area (Å²) in [5, 5.41) is 3.03. The van der Waals surface area contributed by atoms with Crippen LogP contribution >= 0.6 is 0 Å². The third-order valence-electron chi connectivity index (χ3n) is 2.37. The van der Waals surface area contributed by atoms with E-state index in [0.717, 1.165) is 18.8 Å². The van der Waals surface area contributed by atoms with Crippen LogP contribution in [0.2, 0.25) is 0 Å². The van der Waals surface area contributed by atoms with Crippen LogP contribution < -0.4 is 5.32 Å². The second kappa shape index (κ2) is 3.28. The van der Waals surface area contributed by atoms with Crippen molar-refractivity contribution in [3.8, 4) is 0 Å². The molecule has 1 aromatic heterocycles. The van der Waals surface area contributed by atoms with Gasteiger partial charge in [-0.15, -0.1) is 0 Å². The van der Waals surface area contributed by atoms with Gasteiger partial charge in [0.2, 0.25) is 0 Å². The molecule has 1 aromatic rings. The summed E-state index contributed by atoms with van der Waals surface area (Å²) in [5.74, 6) is 0.513. The summed E-state index contributed by atoms with van der Waals surface area (Å²) in [5.41, 5.74) is 0. The van der Waals surface area contributed by atoms with E-state index < -0.39 is 5.95 Å². The molecule has 1 fully saturated rings. The molecule has 2 rings (SSSR count). The quantitative estimate of drug-likeness (QED) is 0.756. The minimum atomic E-state index is -0.512. The Labute approximate surface area is 76.4 Å². The molecular weight excluding hydrogens is 169 g/mol. The van der Waals surface area contributed by atoms with Gasteiger partial charge in [-0.1, -0.05) is 6.92 Å². The SMILES string of the molecule is CC1CC(Nc2nccnc2F)C1. The highest BCUT2D eigenvalue weighted by atomic mass is 19.1. The van der Waals surface area contributed by atoms with E-state index in [0.29, 0.717) is 6.04 Å². The molecule has 1 heterocycles. The van der Waals surface area contributed by atoms with E-state index in [2.05, 4.69) is 22.2 Å². The Morgan fingerprint density at radius 1 is 1.38 bits per heavy atom. The van der Waals surface area contributed by atoms with Crippen molar-refractivity contribution in [3.63, 3.8) is 0 Å². The largest absolute Gasteiger partial charge is 0.364 e. The summed E-state index contributed by atoms with van der Waals surface area (Å²) in [6.45, 7) is 2.19. The van der Waals surface area contributed by atoms with Gasteiger partial charge in [-0.05, 0) is 18.8 Å². The van der Waals surface area contributed by atoms with Crippen LogP contribution in [-0.4, -0.2) is 16.0 Å². The van der Waals surface area contributed by atoms with Crippen LogP contribution in [0.1, 0.15) is 19.8 Å². The van der Waals surface area contributed by atoms with E-state index in [-0.39, 0.29) is 5.82 Å². The molecule has 0 saturated heterocycles. The van der Waals surface area contributed by atoms with Crippen molar-refractivity contribution in [2.45, 2.75) is 25.8 Å². The van der Waals surface area contributed by atoms with Crippen LogP contribution in [0.3, 0.4) is 0 Å². The highest BCUT2D eigenvalue weighted by Gasteiger charge is 2.26. The number of hydrogen-bond acceptors (Lipinski definition) is 3. The van der Waals surface area contributed by atoms with Crippen LogP contribution in [0.25, 0.3) is 0 Å². The maximum atomic E-state index is 13.0. The molecule has 1 aliphatic rings. The molecule has 0 amide bonds. The fourth-order valence-electron chi connectivity index (χ4n) is 1.63. The lowest BCUT2D eigenvalue weighted by Gasteiger charge is -2.33. The average Bonchev–Trinajstić information content (AvgIpc) is 2.06. The van der Waals surface area contributed by atoms with Gasteiger partial charge in [-0.3, -0.25) is 0 Å². The molecule has 0 unspecified atom stereocenters. The summed E-state index contributed by atoms with van der Waals surface area (Å²) in [7, 11) is 0. The van der Waals surface area contributed by atoms with Gasteiger partial charge >= 0.3 is 0 Å². The van der Waals surface area contributed by atoms with Crippen LogP contribution in [0.5, 0.6) is 0 Å². The third kappa shape index (κ3) is 1.76. The number of rotatable bonds is 2. The van der Waals surface area contributed by atoms with Crippen molar-refractivity contribution in [1.82, 2.24) is 9.97 Å². The van der Waals surface area contributed by atoms with Crippen molar-refractivity contribution in [2.75, 3.05) is 5.32 Å². The monoisotopic (exact) mass is 181 g/mol. The van der Waals surface area contributed by atoms with E-state index >= 15 is 0 Å². The number of nitrogens with zero attached hydrogens (tertiary/aromatic N) is 2. The first-order valence-electron chi connectivity index (χ1n) is 4.48. The molecule has 4 heteroatoms. The number of halogens is 1. The third-order valence-corrected chi connectivity index (χ3v) is 2.37. The zero-order valence-corrected chi connectivity index (χ0v) is 7.50.